The van der Waals surface area contributed by atoms with Crippen LogP contribution in [-0.2, 0) is 19.1 Å². The van der Waals surface area contributed by atoms with Crippen LogP contribution in [0.4, 0.5) is 17.6 Å². The average molecular weight is 601 g/mol. The first-order valence-electron chi connectivity index (χ1n) is 14.3. The smallest absolute Gasteiger partial charge is 0.449 e. The Hall–Kier alpha value is -4.18. The molecule has 0 amide bonds. The van der Waals surface area contributed by atoms with E-state index < -0.39 is 34.9 Å². The van der Waals surface area contributed by atoms with Crippen molar-refractivity contribution in [2.75, 3.05) is 13.1 Å². The van der Waals surface area contributed by atoms with Gasteiger partial charge in [0.2, 0.25) is 11.2 Å². The largest absolute Gasteiger partial charge is 0.453 e. The zero-order valence-corrected chi connectivity index (χ0v) is 24.3. The number of ether oxygens (including phenoxy) is 2. The van der Waals surface area contributed by atoms with Crippen LogP contribution in [-0.4, -0.2) is 19.1 Å². The molecule has 0 aliphatic heterocycles. The number of aryl methyl sites for hydroxylation is 1. The van der Waals surface area contributed by atoms with Gasteiger partial charge in [0.1, 0.15) is 23.9 Å². The fourth-order valence-corrected chi connectivity index (χ4v) is 4.96. The highest BCUT2D eigenvalue weighted by Crippen LogP contribution is 2.40. The van der Waals surface area contributed by atoms with Gasteiger partial charge in [0.05, 0.1) is 29.6 Å². The average Bonchev–Trinajstić information content (AvgIpc) is 2.96. The van der Waals surface area contributed by atoms with Crippen molar-refractivity contribution in [1.82, 2.24) is 0 Å². The monoisotopic (exact) mass is 600 g/mol. The minimum atomic E-state index is -5.07. The van der Waals surface area contributed by atoms with E-state index in [0.29, 0.717) is 13.1 Å². The maximum atomic E-state index is 14.4. The molecule has 0 spiro atoms. The van der Waals surface area contributed by atoms with Gasteiger partial charge in [-0.2, -0.15) is 13.2 Å². The number of rotatable bonds is 12. The van der Waals surface area contributed by atoms with Crippen LogP contribution >= 0.6 is 0 Å². The van der Waals surface area contributed by atoms with Crippen LogP contribution < -0.4 is 19.8 Å². The van der Waals surface area contributed by atoms with Gasteiger partial charge in [-0.25, -0.2) is 9.18 Å². The SMILES string of the molecule is CCCc1ccc(Oc2c(C(F)(F)F)oc3c(C[NH+](CCC)CCC)c(OC(=O)c4ccc(F)cc4)ccc3c2=O)cc1. The quantitative estimate of drug-likeness (QED) is 0.107. The molecule has 1 aromatic heterocycles. The molecule has 43 heavy (non-hydrogen) atoms. The summed E-state index contributed by atoms with van der Waals surface area (Å²) in [6.07, 6.45) is -1.80. The Kier molecular flexibility index (Phi) is 10.2. The number of fused-ring (bicyclic) bond motifs is 1. The van der Waals surface area contributed by atoms with Gasteiger partial charge in [-0.3, -0.25) is 4.79 Å². The zero-order valence-electron chi connectivity index (χ0n) is 24.3. The molecule has 3 aromatic carbocycles. The summed E-state index contributed by atoms with van der Waals surface area (Å²) in [5, 5.41) is -0.144. The summed E-state index contributed by atoms with van der Waals surface area (Å²) in [5.74, 6) is -3.93. The number of hydrogen-bond acceptors (Lipinski definition) is 5. The third-order valence-electron chi connectivity index (χ3n) is 6.93. The molecule has 0 unspecified atom stereocenters. The highest BCUT2D eigenvalue weighted by Gasteiger charge is 2.41. The molecule has 0 atom stereocenters. The first kappa shape index (κ1) is 31.7. The van der Waals surface area contributed by atoms with Gasteiger partial charge in [0.25, 0.3) is 5.76 Å². The lowest BCUT2D eigenvalue weighted by molar-refractivity contribution is -0.913. The van der Waals surface area contributed by atoms with Gasteiger partial charge in [-0.05, 0) is 73.4 Å². The van der Waals surface area contributed by atoms with E-state index >= 15 is 0 Å². The van der Waals surface area contributed by atoms with Crippen LogP contribution in [0.1, 0.15) is 67.3 Å². The molecular formula is C33H34F4NO5+. The maximum absolute atomic E-state index is 14.4. The lowest BCUT2D eigenvalue weighted by atomic mass is 10.1. The molecule has 4 aromatic rings. The van der Waals surface area contributed by atoms with Gasteiger partial charge >= 0.3 is 12.1 Å². The van der Waals surface area contributed by atoms with Crippen molar-refractivity contribution in [1.29, 1.82) is 0 Å². The predicted octanol–water partition coefficient (Wildman–Crippen LogP) is 7.12. The van der Waals surface area contributed by atoms with Crippen LogP contribution in [0.5, 0.6) is 17.2 Å². The van der Waals surface area contributed by atoms with Crippen LogP contribution in [0.3, 0.4) is 0 Å². The van der Waals surface area contributed by atoms with Gasteiger partial charge in [-0.15, -0.1) is 0 Å². The first-order valence-corrected chi connectivity index (χ1v) is 14.3. The second-order valence-electron chi connectivity index (χ2n) is 10.3. The van der Waals surface area contributed by atoms with Gasteiger partial charge in [0.15, 0.2) is 5.58 Å². The van der Waals surface area contributed by atoms with Crippen molar-refractivity contribution in [2.24, 2.45) is 0 Å². The third kappa shape index (κ3) is 7.62. The first-order chi connectivity index (χ1) is 20.5. The van der Waals surface area contributed by atoms with Gasteiger partial charge < -0.3 is 18.8 Å². The second kappa shape index (κ2) is 13.9. The number of hydrogen-bond donors (Lipinski definition) is 1. The summed E-state index contributed by atoms with van der Waals surface area (Å²) in [6, 6.07) is 13.8. The van der Waals surface area contributed by atoms with Crippen LogP contribution in [0.15, 0.2) is 69.9 Å². The summed E-state index contributed by atoms with van der Waals surface area (Å²) in [6.45, 7) is 7.46. The maximum Gasteiger partial charge on any atom is 0.453 e. The van der Waals surface area contributed by atoms with E-state index in [1.54, 1.807) is 12.1 Å². The number of carbonyl (C=O) groups is 1. The van der Waals surface area contributed by atoms with E-state index in [9.17, 15) is 27.2 Å². The Balaban J connectivity index is 1.87. The number of alkyl halides is 3. The number of esters is 1. The zero-order chi connectivity index (χ0) is 31.1. The van der Waals surface area contributed by atoms with E-state index in [0.717, 1.165) is 48.3 Å². The molecule has 0 aliphatic rings. The molecule has 0 radical (unpaired) electrons. The van der Waals surface area contributed by atoms with Crippen molar-refractivity contribution in [2.45, 2.75) is 59.2 Å². The van der Waals surface area contributed by atoms with Crippen LogP contribution in [0.25, 0.3) is 11.0 Å². The second-order valence-corrected chi connectivity index (χ2v) is 10.3. The molecule has 1 N–H and O–H groups in total. The summed E-state index contributed by atoms with van der Waals surface area (Å²) in [5.41, 5.74) is -0.170. The molecule has 1 heterocycles. The van der Waals surface area contributed by atoms with Crippen molar-refractivity contribution in [3.63, 3.8) is 0 Å². The summed E-state index contributed by atoms with van der Waals surface area (Å²) < 4.78 is 73.2. The van der Waals surface area contributed by atoms with Crippen LogP contribution in [0.2, 0.25) is 0 Å². The predicted molar refractivity (Wildman–Crippen MR) is 154 cm³/mol. The number of halogens is 4. The molecular weight excluding hydrogens is 566 g/mol. The van der Waals surface area contributed by atoms with Crippen molar-refractivity contribution in [3.8, 4) is 17.2 Å². The van der Waals surface area contributed by atoms with Gasteiger partial charge in [0, 0.05) is 0 Å². The Morgan fingerprint density at radius 2 is 1.53 bits per heavy atom. The molecule has 0 fully saturated rings. The third-order valence-corrected chi connectivity index (χ3v) is 6.93. The highest BCUT2D eigenvalue weighted by molar-refractivity contribution is 5.92. The molecule has 4 rings (SSSR count). The number of quaternary nitrogens is 1. The molecule has 10 heteroatoms. The molecule has 6 nitrogen and oxygen atoms in total. The van der Waals surface area contributed by atoms with E-state index in [2.05, 4.69) is 0 Å². The molecule has 0 aliphatic carbocycles. The van der Waals surface area contributed by atoms with Gasteiger partial charge in [-0.1, -0.05) is 39.3 Å². The van der Waals surface area contributed by atoms with E-state index in [1.165, 1.54) is 36.4 Å². The van der Waals surface area contributed by atoms with E-state index in [4.69, 9.17) is 13.9 Å². The normalized spacial score (nSPS) is 11.7. The van der Waals surface area contributed by atoms with E-state index in [-0.39, 0.29) is 40.1 Å². The lowest BCUT2D eigenvalue weighted by Crippen LogP contribution is -3.10. The van der Waals surface area contributed by atoms with Crippen molar-refractivity contribution < 1.29 is 41.1 Å². The number of carbonyl (C=O) groups excluding carboxylic acids is 1. The molecule has 228 valence electrons. The number of nitrogens with one attached hydrogen (secondary N) is 1. The fourth-order valence-electron chi connectivity index (χ4n) is 4.96. The lowest BCUT2D eigenvalue weighted by Gasteiger charge is -2.21. The summed E-state index contributed by atoms with van der Waals surface area (Å²) in [7, 11) is 0. The summed E-state index contributed by atoms with van der Waals surface area (Å²) in [4.78, 5) is 27.5. The standard InChI is InChI=1S/C33H33F4NO5/c1-4-7-21-8-14-24(15-9-21)41-30-28(39)25-16-17-27(42-32(40)22-10-12-23(34)13-11-22)26(20-38(18-5-2)19-6-3)29(25)43-31(30)33(35,36)37/h8-17H,4-7,18-20H2,1-3H3/p+1. The fraction of sp³-hybridized carbons (Fsp3) is 0.333. The Morgan fingerprint density at radius 3 is 2.12 bits per heavy atom. The van der Waals surface area contributed by atoms with E-state index in [1.807, 2.05) is 20.8 Å². The number of benzene rings is 3. The minimum Gasteiger partial charge on any atom is -0.449 e. The highest BCUT2D eigenvalue weighted by atomic mass is 19.4. The Bertz CT molecular complexity index is 1610. The summed E-state index contributed by atoms with van der Waals surface area (Å²) >= 11 is 0. The molecule has 0 saturated heterocycles. The van der Waals surface area contributed by atoms with Crippen LogP contribution in [0, 0.1) is 5.82 Å². The Morgan fingerprint density at radius 1 is 0.884 bits per heavy atom. The minimum absolute atomic E-state index is 0.0462. The Labute approximate surface area is 246 Å². The van der Waals surface area contributed by atoms with Crippen molar-refractivity contribution in [3.05, 3.63) is 99.2 Å². The van der Waals surface area contributed by atoms with Crippen molar-refractivity contribution >= 4 is 16.9 Å². The molecule has 0 bridgehead atoms. The molecule has 0 saturated carbocycles. The topological polar surface area (TPSA) is 70.2 Å².